The maximum atomic E-state index is 14.6. The molecule has 0 atom stereocenters. The number of anilines is 1. The smallest absolute Gasteiger partial charge is 0.317 e. The summed E-state index contributed by atoms with van der Waals surface area (Å²) in [5.41, 5.74) is 2.64. The summed E-state index contributed by atoms with van der Waals surface area (Å²) in [6.07, 6.45) is 3.44. The number of urea groups is 1. The largest absolute Gasteiger partial charge is 0.338 e. The lowest BCUT2D eigenvalue weighted by Gasteiger charge is -2.28. The summed E-state index contributed by atoms with van der Waals surface area (Å²) >= 11 is 1.35. The van der Waals surface area contributed by atoms with E-state index in [4.69, 9.17) is 0 Å². The molecule has 1 aromatic heterocycles. The molecule has 1 saturated heterocycles. The second-order valence-corrected chi connectivity index (χ2v) is 8.34. The first-order valence-corrected chi connectivity index (χ1v) is 11.0. The van der Waals surface area contributed by atoms with Crippen LogP contribution in [0.15, 0.2) is 48.0 Å². The van der Waals surface area contributed by atoms with E-state index in [1.807, 2.05) is 37.3 Å². The molecule has 0 spiro atoms. The number of carbonyl (C=O) groups is 2. The molecule has 4 rings (SSSR count). The third-order valence-electron chi connectivity index (χ3n) is 5.14. The SMILES string of the molecule is CCNC(=O)N1CCC(=Cc2ccc(C(=O)Nc3nc4ccccc4s3)c(F)c2)CC1. The molecule has 1 aliphatic rings. The average Bonchev–Trinajstić information content (AvgIpc) is 3.16. The molecule has 8 heteroatoms. The predicted molar refractivity (Wildman–Crippen MR) is 122 cm³/mol. The van der Waals surface area contributed by atoms with Crippen LogP contribution in [0.25, 0.3) is 16.3 Å². The highest BCUT2D eigenvalue weighted by molar-refractivity contribution is 7.22. The number of benzene rings is 2. The summed E-state index contributed by atoms with van der Waals surface area (Å²) < 4.78 is 15.6. The Kier molecular flexibility index (Phi) is 6.27. The number of nitrogens with zero attached hydrogens (tertiary/aromatic N) is 2. The van der Waals surface area contributed by atoms with Crippen LogP contribution in [-0.2, 0) is 0 Å². The summed E-state index contributed by atoms with van der Waals surface area (Å²) in [5, 5.41) is 5.93. The summed E-state index contributed by atoms with van der Waals surface area (Å²) in [5.74, 6) is -1.10. The van der Waals surface area contributed by atoms with Crippen LogP contribution >= 0.6 is 11.3 Å². The van der Waals surface area contributed by atoms with Gasteiger partial charge in [-0.05, 0) is 49.6 Å². The number of hydrogen-bond acceptors (Lipinski definition) is 4. The number of nitrogens with one attached hydrogen (secondary N) is 2. The maximum Gasteiger partial charge on any atom is 0.317 e. The van der Waals surface area contributed by atoms with E-state index in [9.17, 15) is 14.0 Å². The van der Waals surface area contributed by atoms with Crippen molar-refractivity contribution in [2.75, 3.05) is 25.0 Å². The molecular formula is C23H23FN4O2S. The number of carbonyl (C=O) groups excluding carboxylic acids is 2. The Hall–Kier alpha value is -3.26. The maximum absolute atomic E-state index is 14.6. The topological polar surface area (TPSA) is 74.3 Å². The normalized spacial score (nSPS) is 13.9. The Labute approximate surface area is 183 Å². The van der Waals surface area contributed by atoms with Crippen LogP contribution in [0.2, 0.25) is 0 Å². The molecule has 160 valence electrons. The molecule has 0 aliphatic carbocycles. The fraction of sp³-hybridized carbons (Fsp3) is 0.261. The highest BCUT2D eigenvalue weighted by Gasteiger charge is 2.19. The van der Waals surface area contributed by atoms with Gasteiger partial charge in [0.1, 0.15) is 5.82 Å². The first-order chi connectivity index (χ1) is 15.0. The number of piperidine rings is 1. The minimum absolute atomic E-state index is 0.0209. The lowest BCUT2D eigenvalue weighted by atomic mass is 10.0. The Morgan fingerprint density at radius 2 is 1.97 bits per heavy atom. The van der Waals surface area contributed by atoms with Crippen molar-refractivity contribution in [2.45, 2.75) is 19.8 Å². The van der Waals surface area contributed by atoms with Crippen LogP contribution in [0.5, 0.6) is 0 Å². The second-order valence-electron chi connectivity index (χ2n) is 7.31. The van der Waals surface area contributed by atoms with Gasteiger partial charge < -0.3 is 10.2 Å². The van der Waals surface area contributed by atoms with Crippen molar-refractivity contribution < 1.29 is 14.0 Å². The molecule has 0 saturated carbocycles. The summed E-state index contributed by atoms with van der Waals surface area (Å²) in [4.78, 5) is 30.6. The van der Waals surface area contributed by atoms with Crippen LogP contribution in [0.1, 0.15) is 35.7 Å². The van der Waals surface area contributed by atoms with Gasteiger partial charge in [0.15, 0.2) is 5.13 Å². The Morgan fingerprint density at radius 1 is 1.19 bits per heavy atom. The van der Waals surface area contributed by atoms with E-state index in [0.717, 1.165) is 28.6 Å². The van der Waals surface area contributed by atoms with Crippen molar-refractivity contribution in [2.24, 2.45) is 0 Å². The summed E-state index contributed by atoms with van der Waals surface area (Å²) in [6, 6.07) is 12.1. The monoisotopic (exact) mass is 438 g/mol. The van der Waals surface area contributed by atoms with E-state index >= 15 is 0 Å². The van der Waals surface area contributed by atoms with Crippen LogP contribution in [-0.4, -0.2) is 41.5 Å². The van der Waals surface area contributed by atoms with Gasteiger partial charge >= 0.3 is 6.03 Å². The Bertz CT molecular complexity index is 1110. The molecule has 0 unspecified atom stereocenters. The minimum atomic E-state index is -0.576. The zero-order valence-electron chi connectivity index (χ0n) is 17.2. The van der Waals surface area contributed by atoms with Gasteiger partial charge in [-0.15, -0.1) is 0 Å². The Balaban J connectivity index is 1.41. The van der Waals surface area contributed by atoms with E-state index in [1.54, 1.807) is 11.0 Å². The molecule has 6 nitrogen and oxygen atoms in total. The standard InChI is InChI=1S/C23H23FN4O2S/c1-2-25-23(30)28-11-9-15(10-12-28)13-16-7-8-17(18(24)14-16)21(29)27-22-26-19-5-3-4-6-20(19)31-22/h3-8,13-14H,2,9-12H2,1H3,(H,25,30)(H,26,27,29). The van der Waals surface area contributed by atoms with Crippen LogP contribution in [0.3, 0.4) is 0 Å². The second kappa shape index (κ2) is 9.26. The number of amides is 3. The quantitative estimate of drug-likeness (QED) is 0.609. The third-order valence-corrected chi connectivity index (χ3v) is 6.10. The van der Waals surface area contributed by atoms with Gasteiger partial charge in [-0.2, -0.15) is 0 Å². The molecule has 1 fully saturated rings. The molecule has 3 amide bonds. The molecule has 2 heterocycles. The number of thiazole rings is 1. The summed E-state index contributed by atoms with van der Waals surface area (Å²) in [7, 11) is 0. The third kappa shape index (κ3) is 4.91. The van der Waals surface area contributed by atoms with Crippen molar-refractivity contribution in [1.29, 1.82) is 0 Å². The fourth-order valence-electron chi connectivity index (χ4n) is 3.54. The van der Waals surface area contributed by atoms with Gasteiger partial charge in [-0.1, -0.05) is 41.2 Å². The van der Waals surface area contributed by atoms with Crippen LogP contribution in [0, 0.1) is 5.82 Å². The van der Waals surface area contributed by atoms with Crippen molar-refractivity contribution in [1.82, 2.24) is 15.2 Å². The van der Waals surface area contributed by atoms with Crippen molar-refractivity contribution >= 4 is 44.7 Å². The van der Waals surface area contributed by atoms with Gasteiger partial charge in [0.2, 0.25) is 0 Å². The molecule has 31 heavy (non-hydrogen) atoms. The predicted octanol–water partition coefficient (Wildman–Crippen LogP) is 4.90. The molecule has 1 aliphatic heterocycles. The highest BCUT2D eigenvalue weighted by atomic mass is 32.1. The van der Waals surface area contributed by atoms with E-state index in [2.05, 4.69) is 15.6 Å². The number of para-hydroxylation sites is 1. The summed E-state index contributed by atoms with van der Waals surface area (Å²) in [6.45, 7) is 3.78. The molecule has 2 aromatic carbocycles. The number of rotatable bonds is 4. The number of fused-ring (bicyclic) bond motifs is 1. The van der Waals surface area contributed by atoms with E-state index in [-0.39, 0.29) is 11.6 Å². The molecular weight excluding hydrogens is 415 g/mol. The Morgan fingerprint density at radius 3 is 2.68 bits per heavy atom. The van der Waals surface area contributed by atoms with Crippen LogP contribution < -0.4 is 10.6 Å². The van der Waals surface area contributed by atoms with Gasteiger partial charge in [-0.25, -0.2) is 14.2 Å². The first-order valence-electron chi connectivity index (χ1n) is 10.2. The first kappa shape index (κ1) is 21.0. The number of aromatic nitrogens is 1. The van der Waals surface area contributed by atoms with E-state index < -0.39 is 11.7 Å². The zero-order chi connectivity index (χ0) is 21.8. The fourth-order valence-corrected chi connectivity index (χ4v) is 4.40. The lowest BCUT2D eigenvalue weighted by molar-refractivity contribution is 0.102. The highest BCUT2D eigenvalue weighted by Crippen LogP contribution is 2.26. The zero-order valence-corrected chi connectivity index (χ0v) is 18.0. The number of likely N-dealkylation sites (tertiary alicyclic amines) is 1. The van der Waals surface area contributed by atoms with Crippen molar-refractivity contribution in [3.8, 4) is 0 Å². The van der Waals surface area contributed by atoms with Crippen LogP contribution in [0.4, 0.5) is 14.3 Å². The van der Waals surface area contributed by atoms with Gasteiger partial charge in [-0.3, -0.25) is 10.1 Å². The van der Waals surface area contributed by atoms with Gasteiger partial charge in [0.05, 0.1) is 15.8 Å². The van der Waals surface area contributed by atoms with Crippen molar-refractivity contribution in [3.63, 3.8) is 0 Å². The number of halogens is 1. The van der Waals surface area contributed by atoms with Crippen molar-refractivity contribution in [3.05, 3.63) is 65.0 Å². The number of hydrogen-bond donors (Lipinski definition) is 2. The van der Waals surface area contributed by atoms with E-state index in [1.165, 1.54) is 23.5 Å². The molecule has 2 N–H and O–H groups in total. The van der Waals surface area contributed by atoms with Gasteiger partial charge in [0, 0.05) is 19.6 Å². The van der Waals surface area contributed by atoms with E-state index in [0.29, 0.717) is 30.3 Å². The van der Waals surface area contributed by atoms with Gasteiger partial charge in [0.25, 0.3) is 5.91 Å². The molecule has 0 radical (unpaired) electrons. The average molecular weight is 439 g/mol. The molecule has 3 aromatic rings. The molecule has 0 bridgehead atoms. The lowest BCUT2D eigenvalue weighted by Crippen LogP contribution is -2.43. The minimum Gasteiger partial charge on any atom is -0.338 e.